The zero-order valence-corrected chi connectivity index (χ0v) is 13.5. The first-order valence-corrected chi connectivity index (χ1v) is 7.27. The Morgan fingerprint density at radius 1 is 0.909 bits per heavy atom. The molecule has 0 radical (unpaired) electrons. The fraction of sp³-hybridized carbons (Fsp3) is 0.125. The fourth-order valence-corrected chi connectivity index (χ4v) is 2.60. The normalized spacial score (nSPS) is 10.2. The summed E-state index contributed by atoms with van der Waals surface area (Å²) in [5, 5.41) is 0.427. The van der Waals surface area contributed by atoms with Gasteiger partial charge in [-0.2, -0.15) is 0 Å². The molecule has 114 valence electrons. The van der Waals surface area contributed by atoms with Gasteiger partial charge in [0.25, 0.3) is 11.8 Å². The van der Waals surface area contributed by atoms with Crippen molar-refractivity contribution in [2.24, 2.45) is 0 Å². The molecular formula is C16H14Cl2N2O2. The van der Waals surface area contributed by atoms with Gasteiger partial charge in [0.2, 0.25) is 0 Å². The number of benzene rings is 2. The van der Waals surface area contributed by atoms with Crippen LogP contribution in [0.3, 0.4) is 0 Å². The number of carbonyl (C=O) groups excluding carboxylic acids is 2. The molecule has 2 aromatic carbocycles. The largest absolute Gasteiger partial charge is 0.272 e. The quantitative estimate of drug-likeness (QED) is 0.821. The maximum absolute atomic E-state index is 12.1. The second kappa shape index (κ2) is 6.81. The van der Waals surface area contributed by atoms with Crippen LogP contribution in [0.2, 0.25) is 10.0 Å². The molecule has 0 fully saturated rings. The topological polar surface area (TPSA) is 58.2 Å². The average Bonchev–Trinajstić information content (AvgIpc) is 2.44. The lowest BCUT2D eigenvalue weighted by atomic mass is 10.1. The number of aryl methyl sites for hydroxylation is 2. The second-order valence-corrected chi connectivity index (χ2v) is 5.64. The van der Waals surface area contributed by atoms with Gasteiger partial charge in [-0.1, -0.05) is 47.0 Å². The molecule has 2 amide bonds. The molecule has 0 aliphatic carbocycles. The minimum Gasteiger partial charge on any atom is -0.267 e. The van der Waals surface area contributed by atoms with E-state index in [0.717, 1.165) is 11.1 Å². The van der Waals surface area contributed by atoms with Crippen LogP contribution < -0.4 is 10.9 Å². The number of hydrazine groups is 1. The van der Waals surface area contributed by atoms with Gasteiger partial charge in [0, 0.05) is 5.56 Å². The van der Waals surface area contributed by atoms with Crippen molar-refractivity contribution in [1.82, 2.24) is 10.9 Å². The molecule has 0 bridgehead atoms. The van der Waals surface area contributed by atoms with Crippen molar-refractivity contribution in [3.8, 4) is 0 Å². The average molecular weight is 337 g/mol. The summed E-state index contributed by atoms with van der Waals surface area (Å²) in [4.78, 5) is 24.2. The summed E-state index contributed by atoms with van der Waals surface area (Å²) in [5.74, 6) is -0.984. The number of nitrogens with one attached hydrogen (secondary N) is 2. The minimum absolute atomic E-state index is 0.117. The number of hydrogen-bond donors (Lipinski definition) is 2. The van der Waals surface area contributed by atoms with Crippen molar-refractivity contribution in [3.05, 3.63) is 68.7 Å². The third kappa shape index (κ3) is 3.59. The van der Waals surface area contributed by atoms with Crippen LogP contribution in [0.25, 0.3) is 0 Å². The molecule has 6 heteroatoms. The highest BCUT2D eigenvalue weighted by Gasteiger charge is 2.16. The lowest BCUT2D eigenvalue weighted by molar-refractivity contribution is 0.0846. The van der Waals surface area contributed by atoms with Crippen LogP contribution >= 0.6 is 23.2 Å². The van der Waals surface area contributed by atoms with Gasteiger partial charge in [-0.05, 0) is 37.6 Å². The number of carbonyl (C=O) groups is 2. The summed E-state index contributed by atoms with van der Waals surface area (Å²) >= 11 is 11.9. The summed E-state index contributed by atoms with van der Waals surface area (Å²) in [6.07, 6.45) is 0. The Bertz CT molecular complexity index is 725. The van der Waals surface area contributed by atoms with Crippen LogP contribution in [-0.2, 0) is 0 Å². The van der Waals surface area contributed by atoms with Crippen molar-refractivity contribution >= 4 is 35.0 Å². The summed E-state index contributed by atoms with van der Waals surface area (Å²) in [7, 11) is 0. The van der Waals surface area contributed by atoms with Gasteiger partial charge in [-0.3, -0.25) is 20.4 Å². The molecule has 4 nitrogen and oxygen atoms in total. The van der Waals surface area contributed by atoms with E-state index in [4.69, 9.17) is 23.2 Å². The van der Waals surface area contributed by atoms with E-state index in [-0.39, 0.29) is 15.6 Å². The van der Waals surface area contributed by atoms with E-state index in [1.807, 2.05) is 26.0 Å². The molecule has 0 atom stereocenters. The Labute approximate surface area is 138 Å². The SMILES string of the molecule is Cc1ccc(C(=O)NNC(=O)c2c(Cl)cccc2Cl)c(C)c1. The van der Waals surface area contributed by atoms with Crippen molar-refractivity contribution in [1.29, 1.82) is 0 Å². The molecule has 0 aliphatic rings. The molecule has 2 N–H and O–H groups in total. The Kier molecular flexibility index (Phi) is 5.06. The van der Waals surface area contributed by atoms with Crippen LogP contribution in [0, 0.1) is 13.8 Å². The molecule has 0 aromatic heterocycles. The predicted molar refractivity (Wildman–Crippen MR) is 87.3 cm³/mol. The Hall–Kier alpha value is -2.04. The summed E-state index contributed by atoms with van der Waals surface area (Å²) in [5.41, 5.74) is 7.15. The first-order chi connectivity index (χ1) is 10.4. The van der Waals surface area contributed by atoms with Crippen molar-refractivity contribution in [3.63, 3.8) is 0 Å². The van der Waals surface area contributed by atoms with E-state index in [0.29, 0.717) is 5.56 Å². The van der Waals surface area contributed by atoms with Crippen LogP contribution in [0.1, 0.15) is 31.8 Å². The number of amides is 2. The van der Waals surface area contributed by atoms with Gasteiger partial charge in [-0.15, -0.1) is 0 Å². The lowest BCUT2D eigenvalue weighted by Gasteiger charge is -2.11. The summed E-state index contributed by atoms with van der Waals surface area (Å²) < 4.78 is 0. The Balaban J connectivity index is 2.09. The first-order valence-electron chi connectivity index (χ1n) is 6.52. The highest BCUT2D eigenvalue weighted by Crippen LogP contribution is 2.23. The van der Waals surface area contributed by atoms with Gasteiger partial charge in [0.15, 0.2) is 0 Å². The molecule has 0 spiro atoms. The predicted octanol–water partition coefficient (Wildman–Crippen LogP) is 3.69. The number of rotatable bonds is 2. The maximum atomic E-state index is 12.1. The number of hydrogen-bond acceptors (Lipinski definition) is 2. The van der Waals surface area contributed by atoms with E-state index in [2.05, 4.69) is 10.9 Å². The third-order valence-corrected chi connectivity index (χ3v) is 3.74. The number of halogens is 2. The molecule has 0 unspecified atom stereocenters. The standard InChI is InChI=1S/C16H14Cl2N2O2/c1-9-6-7-11(10(2)8-9)15(21)19-20-16(22)14-12(17)4-3-5-13(14)18/h3-8H,1-2H3,(H,19,21)(H,20,22). The molecule has 2 aromatic rings. The van der Waals surface area contributed by atoms with E-state index < -0.39 is 11.8 Å². The molecular weight excluding hydrogens is 323 g/mol. The zero-order chi connectivity index (χ0) is 16.3. The smallest absolute Gasteiger partial charge is 0.267 e. The van der Waals surface area contributed by atoms with Crippen LogP contribution in [0.4, 0.5) is 0 Å². The van der Waals surface area contributed by atoms with Gasteiger partial charge >= 0.3 is 0 Å². The van der Waals surface area contributed by atoms with Gasteiger partial charge < -0.3 is 0 Å². The van der Waals surface area contributed by atoms with Crippen LogP contribution in [-0.4, -0.2) is 11.8 Å². The van der Waals surface area contributed by atoms with Crippen molar-refractivity contribution in [2.45, 2.75) is 13.8 Å². The monoisotopic (exact) mass is 336 g/mol. The second-order valence-electron chi connectivity index (χ2n) is 4.82. The lowest BCUT2D eigenvalue weighted by Crippen LogP contribution is -2.42. The first kappa shape index (κ1) is 16.3. The van der Waals surface area contributed by atoms with Crippen LogP contribution in [0.15, 0.2) is 36.4 Å². The summed E-state index contributed by atoms with van der Waals surface area (Å²) in [6.45, 7) is 3.77. The molecule has 0 heterocycles. The molecule has 0 saturated carbocycles. The van der Waals surface area contributed by atoms with Crippen molar-refractivity contribution in [2.75, 3.05) is 0 Å². The van der Waals surface area contributed by atoms with Crippen LogP contribution in [0.5, 0.6) is 0 Å². The maximum Gasteiger partial charge on any atom is 0.272 e. The Morgan fingerprint density at radius 3 is 2.09 bits per heavy atom. The molecule has 0 saturated heterocycles. The van der Waals surface area contributed by atoms with E-state index >= 15 is 0 Å². The fourth-order valence-electron chi connectivity index (χ4n) is 2.03. The van der Waals surface area contributed by atoms with E-state index in [1.165, 1.54) is 0 Å². The Morgan fingerprint density at radius 2 is 1.50 bits per heavy atom. The minimum atomic E-state index is -0.575. The van der Waals surface area contributed by atoms with Gasteiger partial charge in [-0.25, -0.2) is 0 Å². The molecule has 2 rings (SSSR count). The third-order valence-electron chi connectivity index (χ3n) is 3.11. The van der Waals surface area contributed by atoms with E-state index in [1.54, 1.807) is 24.3 Å². The highest BCUT2D eigenvalue weighted by molar-refractivity contribution is 6.39. The zero-order valence-electron chi connectivity index (χ0n) is 12.0. The van der Waals surface area contributed by atoms with Gasteiger partial charge in [0.05, 0.1) is 15.6 Å². The highest BCUT2D eigenvalue weighted by atomic mass is 35.5. The van der Waals surface area contributed by atoms with Crippen molar-refractivity contribution < 1.29 is 9.59 Å². The molecule has 0 aliphatic heterocycles. The van der Waals surface area contributed by atoms with E-state index in [9.17, 15) is 9.59 Å². The van der Waals surface area contributed by atoms with Gasteiger partial charge in [0.1, 0.15) is 0 Å². The molecule has 22 heavy (non-hydrogen) atoms. The summed E-state index contributed by atoms with van der Waals surface area (Å²) in [6, 6.07) is 10.2.